The quantitative estimate of drug-likeness (QED) is 0.642. The lowest BCUT2D eigenvalue weighted by atomic mass is 10.0. The summed E-state index contributed by atoms with van der Waals surface area (Å²) in [6, 6.07) is 9.89. The second kappa shape index (κ2) is 8.83. The number of aromatic carboxylic acids is 1. The summed E-state index contributed by atoms with van der Waals surface area (Å²) in [5.74, 6) is -1.04. The van der Waals surface area contributed by atoms with Crippen molar-refractivity contribution in [3.05, 3.63) is 58.1 Å². The van der Waals surface area contributed by atoms with E-state index in [-0.39, 0.29) is 27.4 Å². The Kier molecular flexibility index (Phi) is 6.76. The maximum Gasteiger partial charge on any atom is 0.339 e. The van der Waals surface area contributed by atoms with Crippen molar-refractivity contribution in [3.63, 3.8) is 0 Å². The topological polar surface area (TPSA) is 87.7 Å². The highest BCUT2D eigenvalue weighted by molar-refractivity contribution is 7.80. The predicted octanol–water partition coefficient (Wildman–Crippen LogP) is 4.30. The highest BCUT2D eigenvalue weighted by Crippen LogP contribution is 2.31. The Bertz CT molecular complexity index is 882. The smallest absolute Gasteiger partial charge is 0.339 e. The molecule has 0 aliphatic heterocycles. The van der Waals surface area contributed by atoms with E-state index >= 15 is 0 Å². The number of carbonyl (C=O) groups is 2. The molecule has 0 spiro atoms. The molecule has 1 amide bonds. The van der Waals surface area contributed by atoms with Crippen molar-refractivity contribution in [3.8, 4) is 5.75 Å². The summed E-state index contributed by atoms with van der Waals surface area (Å²) in [6.45, 7) is 4.14. The lowest BCUT2D eigenvalue weighted by Crippen LogP contribution is -2.34. The number of halogens is 1. The number of hydrogen-bond donors (Lipinski definition) is 3. The fourth-order valence-corrected chi connectivity index (χ4v) is 2.75. The van der Waals surface area contributed by atoms with E-state index in [0.717, 1.165) is 5.56 Å². The standard InChI is InChI=1S/C19H19ClN2O4S/c1-10(2)11-4-6-12(7-5-11)17(23)22-19(27)21-15-9-16(26-3)13(18(24)25)8-14(15)20/h4-10H,1-3H3,(H,24,25)(H2,21,22,23,27). The zero-order chi connectivity index (χ0) is 20.1. The predicted molar refractivity (Wildman–Crippen MR) is 109 cm³/mol. The van der Waals surface area contributed by atoms with Gasteiger partial charge in [-0.1, -0.05) is 37.6 Å². The molecule has 8 heteroatoms. The average molecular weight is 407 g/mol. The first-order valence-corrected chi connectivity index (χ1v) is 8.84. The van der Waals surface area contributed by atoms with Crippen LogP contribution in [-0.4, -0.2) is 29.2 Å². The number of benzene rings is 2. The van der Waals surface area contributed by atoms with Crippen LogP contribution < -0.4 is 15.4 Å². The molecule has 2 rings (SSSR count). The Labute approximate surface area is 167 Å². The van der Waals surface area contributed by atoms with E-state index in [4.69, 9.17) is 33.7 Å². The molecule has 3 N–H and O–H groups in total. The van der Waals surface area contributed by atoms with Gasteiger partial charge in [-0.25, -0.2) is 4.79 Å². The van der Waals surface area contributed by atoms with E-state index in [1.54, 1.807) is 12.1 Å². The van der Waals surface area contributed by atoms with Gasteiger partial charge in [0, 0.05) is 11.6 Å². The molecule has 0 aromatic heterocycles. The van der Waals surface area contributed by atoms with Crippen molar-refractivity contribution in [2.75, 3.05) is 12.4 Å². The van der Waals surface area contributed by atoms with Crippen molar-refractivity contribution < 1.29 is 19.4 Å². The van der Waals surface area contributed by atoms with Crippen molar-refractivity contribution in [1.29, 1.82) is 0 Å². The zero-order valence-electron chi connectivity index (χ0n) is 15.0. The Morgan fingerprint density at radius 3 is 2.33 bits per heavy atom. The molecule has 0 radical (unpaired) electrons. The number of thiocarbonyl (C=S) groups is 1. The number of carboxylic acids is 1. The molecule has 0 saturated heterocycles. The molecule has 0 aliphatic carbocycles. The van der Waals surface area contributed by atoms with Crippen molar-refractivity contribution in [2.24, 2.45) is 0 Å². The van der Waals surface area contributed by atoms with Gasteiger partial charge in [0.15, 0.2) is 5.11 Å². The lowest BCUT2D eigenvalue weighted by Gasteiger charge is -2.14. The lowest BCUT2D eigenvalue weighted by molar-refractivity contribution is 0.0693. The summed E-state index contributed by atoms with van der Waals surface area (Å²) in [6.07, 6.45) is 0. The maximum absolute atomic E-state index is 12.3. The second-order valence-electron chi connectivity index (χ2n) is 6.02. The van der Waals surface area contributed by atoms with Crippen LogP contribution in [0.25, 0.3) is 0 Å². The number of hydrogen-bond acceptors (Lipinski definition) is 4. The van der Waals surface area contributed by atoms with E-state index in [0.29, 0.717) is 17.2 Å². The Morgan fingerprint density at radius 2 is 1.81 bits per heavy atom. The summed E-state index contributed by atoms with van der Waals surface area (Å²) in [7, 11) is 1.35. The van der Waals surface area contributed by atoms with E-state index in [9.17, 15) is 9.59 Å². The number of ether oxygens (including phenoxy) is 1. The van der Waals surface area contributed by atoms with Gasteiger partial charge in [-0.15, -0.1) is 0 Å². The molecule has 0 unspecified atom stereocenters. The maximum atomic E-state index is 12.3. The van der Waals surface area contributed by atoms with Crippen LogP contribution in [0, 0.1) is 0 Å². The van der Waals surface area contributed by atoms with Crippen LogP contribution >= 0.6 is 23.8 Å². The minimum absolute atomic E-state index is 0.0277. The highest BCUT2D eigenvalue weighted by Gasteiger charge is 2.16. The van der Waals surface area contributed by atoms with Gasteiger partial charge in [0.25, 0.3) is 5.91 Å². The summed E-state index contributed by atoms with van der Waals surface area (Å²) < 4.78 is 5.05. The van der Waals surface area contributed by atoms with Crippen LogP contribution in [0.4, 0.5) is 5.69 Å². The third kappa shape index (κ3) is 5.18. The van der Waals surface area contributed by atoms with Gasteiger partial charge in [-0.2, -0.15) is 0 Å². The van der Waals surface area contributed by atoms with Crippen molar-refractivity contribution in [2.45, 2.75) is 19.8 Å². The largest absolute Gasteiger partial charge is 0.496 e. The first kappa shape index (κ1) is 20.7. The molecule has 2 aromatic carbocycles. The molecular formula is C19H19ClN2O4S. The number of methoxy groups -OCH3 is 1. The van der Waals surface area contributed by atoms with Gasteiger partial charge < -0.3 is 15.2 Å². The molecule has 0 aliphatic rings. The van der Waals surface area contributed by atoms with Gasteiger partial charge in [0.1, 0.15) is 11.3 Å². The number of amides is 1. The molecule has 0 bridgehead atoms. The Morgan fingerprint density at radius 1 is 1.19 bits per heavy atom. The molecule has 142 valence electrons. The Hall–Kier alpha value is -2.64. The van der Waals surface area contributed by atoms with Gasteiger partial charge in [-0.3, -0.25) is 10.1 Å². The monoisotopic (exact) mass is 406 g/mol. The van der Waals surface area contributed by atoms with Crippen LogP contribution in [0.2, 0.25) is 5.02 Å². The van der Waals surface area contributed by atoms with E-state index in [1.807, 2.05) is 12.1 Å². The molecule has 2 aromatic rings. The van der Waals surface area contributed by atoms with Crippen molar-refractivity contribution >= 4 is 46.5 Å². The number of rotatable bonds is 5. The minimum Gasteiger partial charge on any atom is -0.496 e. The van der Waals surface area contributed by atoms with Crippen molar-refractivity contribution in [1.82, 2.24) is 5.32 Å². The van der Waals surface area contributed by atoms with Crippen LogP contribution in [0.15, 0.2) is 36.4 Å². The van der Waals surface area contributed by atoms with Crippen LogP contribution in [0.3, 0.4) is 0 Å². The summed E-state index contributed by atoms with van der Waals surface area (Å²) in [5.41, 5.74) is 1.84. The fourth-order valence-electron chi connectivity index (χ4n) is 2.33. The summed E-state index contributed by atoms with van der Waals surface area (Å²) in [4.78, 5) is 23.5. The SMILES string of the molecule is COc1cc(NC(=S)NC(=O)c2ccc(C(C)C)cc2)c(Cl)cc1C(=O)O. The molecule has 6 nitrogen and oxygen atoms in total. The molecule has 0 saturated carbocycles. The number of nitrogens with one attached hydrogen (secondary N) is 2. The van der Waals surface area contributed by atoms with Gasteiger partial charge in [-0.05, 0) is 41.9 Å². The highest BCUT2D eigenvalue weighted by atomic mass is 35.5. The third-order valence-corrected chi connectivity index (χ3v) is 4.35. The van der Waals surface area contributed by atoms with Crippen LogP contribution in [0.5, 0.6) is 5.75 Å². The van der Waals surface area contributed by atoms with Crippen LogP contribution in [-0.2, 0) is 0 Å². The van der Waals surface area contributed by atoms with E-state index < -0.39 is 5.97 Å². The average Bonchev–Trinajstić information content (AvgIpc) is 2.62. The molecule has 0 atom stereocenters. The van der Waals surface area contributed by atoms with Gasteiger partial charge >= 0.3 is 5.97 Å². The normalized spacial score (nSPS) is 10.4. The molecule has 0 heterocycles. The van der Waals surface area contributed by atoms with Gasteiger partial charge in [0.2, 0.25) is 0 Å². The first-order valence-electron chi connectivity index (χ1n) is 8.06. The zero-order valence-corrected chi connectivity index (χ0v) is 16.6. The third-order valence-electron chi connectivity index (χ3n) is 3.83. The number of carboxylic acid groups (broad SMARTS) is 1. The first-order chi connectivity index (χ1) is 12.7. The van der Waals surface area contributed by atoms with E-state index in [1.165, 1.54) is 19.2 Å². The summed E-state index contributed by atoms with van der Waals surface area (Å²) in [5, 5.41) is 14.6. The number of anilines is 1. The summed E-state index contributed by atoms with van der Waals surface area (Å²) >= 11 is 11.2. The van der Waals surface area contributed by atoms with Crippen LogP contribution in [0.1, 0.15) is 46.0 Å². The van der Waals surface area contributed by atoms with Gasteiger partial charge in [0.05, 0.1) is 17.8 Å². The second-order valence-corrected chi connectivity index (χ2v) is 6.84. The Balaban J connectivity index is 2.11. The molecule has 27 heavy (non-hydrogen) atoms. The fraction of sp³-hybridized carbons (Fsp3) is 0.211. The number of carbonyl (C=O) groups excluding carboxylic acids is 1. The minimum atomic E-state index is -1.17. The molecular weight excluding hydrogens is 388 g/mol. The molecule has 0 fully saturated rings. The van der Waals surface area contributed by atoms with E-state index in [2.05, 4.69) is 24.5 Å².